The van der Waals surface area contributed by atoms with Crippen molar-refractivity contribution in [1.29, 1.82) is 0 Å². The largest absolute Gasteiger partial charge is 0.271 e. The van der Waals surface area contributed by atoms with Gasteiger partial charge in [-0.05, 0) is 48.9 Å². The van der Waals surface area contributed by atoms with Gasteiger partial charge in [-0.15, -0.1) is 0 Å². The molecule has 0 heterocycles. The first-order valence-electron chi connectivity index (χ1n) is 5.21. The fraction of sp³-hybridized carbons (Fsp3) is 0.455. The highest BCUT2D eigenvalue weighted by atomic mass is 35.5. The van der Waals surface area contributed by atoms with E-state index in [0.29, 0.717) is 17.9 Å². The smallest absolute Gasteiger partial charge is 0.263 e. The van der Waals surface area contributed by atoms with Crippen molar-refractivity contribution in [3.05, 3.63) is 39.4 Å². The van der Waals surface area contributed by atoms with E-state index in [1.807, 2.05) is 12.1 Å². The predicted molar refractivity (Wildman–Crippen MR) is 65.5 cm³/mol. The maximum Gasteiger partial charge on any atom is 0.271 e. The molecule has 86 valence electrons. The molecule has 5 heteroatoms. The van der Waals surface area contributed by atoms with Crippen LogP contribution < -0.4 is 0 Å². The van der Waals surface area contributed by atoms with E-state index in [-0.39, 0.29) is 4.92 Å². The molecule has 0 N–H and O–H groups in total. The van der Waals surface area contributed by atoms with Gasteiger partial charge in [0.1, 0.15) is 0 Å². The summed E-state index contributed by atoms with van der Waals surface area (Å²) in [6, 6.07) is 7.23. The van der Waals surface area contributed by atoms with E-state index in [2.05, 4.69) is 0 Å². The number of nitro groups is 1. The minimum absolute atomic E-state index is 0.126. The van der Waals surface area contributed by atoms with Crippen molar-refractivity contribution in [3.8, 4) is 0 Å². The minimum atomic E-state index is -0.812. The van der Waals surface area contributed by atoms with Crippen LogP contribution in [-0.2, 0) is 0 Å². The molecule has 0 bridgehead atoms. The van der Waals surface area contributed by atoms with Crippen LogP contribution in [0.25, 0.3) is 0 Å². The standard InChI is InChI=1S/C11H12ClNO2S/c12-9-3-5-10(6-4-9)16-11(13(14)15)7-1-2-8-11/h3-6H,1-2,7-8H2. The van der Waals surface area contributed by atoms with Crippen LogP contribution in [0.5, 0.6) is 0 Å². The first kappa shape index (κ1) is 11.7. The van der Waals surface area contributed by atoms with Gasteiger partial charge in [0.15, 0.2) is 0 Å². The highest BCUT2D eigenvalue weighted by molar-refractivity contribution is 8.00. The Bertz CT molecular complexity index is 387. The predicted octanol–water partition coefficient (Wildman–Crippen LogP) is 3.98. The van der Waals surface area contributed by atoms with Gasteiger partial charge in [0.05, 0.1) is 0 Å². The van der Waals surface area contributed by atoms with Gasteiger partial charge in [0, 0.05) is 27.7 Å². The molecular formula is C11H12ClNO2S. The van der Waals surface area contributed by atoms with Crippen molar-refractivity contribution in [1.82, 2.24) is 0 Å². The summed E-state index contributed by atoms with van der Waals surface area (Å²) >= 11 is 7.14. The number of nitrogens with zero attached hydrogens (tertiary/aromatic N) is 1. The molecule has 0 atom stereocenters. The summed E-state index contributed by atoms with van der Waals surface area (Å²) in [5, 5.41) is 11.8. The number of benzene rings is 1. The summed E-state index contributed by atoms with van der Waals surface area (Å²) < 4.78 is 0. The fourth-order valence-electron chi connectivity index (χ4n) is 1.97. The Labute approximate surface area is 103 Å². The fourth-order valence-corrected chi connectivity index (χ4v) is 3.38. The summed E-state index contributed by atoms with van der Waals surface area (Å²) in [7, 11) is 0. The maximum absolute atomic E-state index is 11.2. The lowest BCUT2D eigenvalue weighted by Crippen LogP contribution is -2.30. The Morgan fingerprint density at radius 3 is 2.31 bits per heavy atom. The topological polar surface area (TPSA) is 43.1 Å². The highest BCUT2D eigenvalue weighted by Crippen LogP contribution is 2.45. The summed E-state index contributed by atoms with van der Waals surface area (Å²) in [5.74, 6) is 0. The van der Waals surface area contributed by atoms with Gasteiger partial charge in [0.25, 0.3) is 4.87 Å². The zero-order valence-electron chi connectivity index (χ0n) is 8.69. The molecule has 1 aliphatic rings. The molecule has 2 rings (SSSR count). The third-order valence-corrected chi connectivity index (χ3v) is 4.54. The summed E-state index contributed by atoms with van der Waals surface area (Å²) in [6.45, 7) is 0. The lowest BCUT2D eigenvalue weighted by atomic mass is 10.2. The highest BCUT2D eigenvalue weighted by Gasteiger charge is 2.46. The Morgan fingerprint density at radius 2 is 1.81 bits per heavy atom. The van der Waals surface area contributed by atoms with Crippen molar-refractivity contribution >= 4 is 23.4 Å². The second kappa shape index (κ2) is 4.63. The van der Waals surface area contributed by atoms with Crippen LogP contribution in [0.15, 0.2) is 29.2 Å². The van der Waals surface area contributed by atoms with Crippen LogP contribution in [-0.4, -0.2) is 9.79 Å². The minimum Gasteiger partial charge on any atom is -0.263 e. The van der Waals surface area contributed by atoms with Gasteiger partial charge in [0.2, 0.25) is 0 Å². The van der Waals surface area contributed by atoms with Crippen molar-refractivity contribution in [3.63, 3.8) is 0 Å². The molecule has 0 amide bonds. The Kier molecular flexibility index (Phi) is 3.40. The van der Waals surface area contributed by atoms with E-state index in [1.165, 1.54) is 11.8 Å². The van der Waals surface area contributed by atoms with Crippen molar-refractivity contribution in [2.45, 2.75) is 35.4 Å². The molecule has 1 aromatic rings. The molecule has 3 nitrogen and oxygen atoms in total. The zero-order valence-corrected chi connectivity index (χ0v) is 10.3. The molecule has 0 aromatic heterocycles. The van der Waals surface area contributed by atoms with Crippen LogP contribution in [0.3, 0.4) is 0 Å². The van der Waals surface area contributed by atoms with Crippen LogP contribution in [0.4, 0.5) is 0 Å². The second-order valence-electron chi connectivity index (χ2n) is 3.97. The number of thioether (sulfide) groups is 1. The lowest BCUT2D eigenvalue weighted by Gasteiger charge is -2.18. The maximum atomic E-state index is 11.2. The Hall–Kier alpha value is -0.740. The van der Waals surface area contributed by atoms with Crippen molar-refractivity contribution in [2.75, 3.05) is 0 Å². The van der Waals surface area contributed by atoms with Crippen LogP contribution >= 0.6 is 23.4 Å². The average molecular weight is 258 g/mol. The summed E-state index contributed by atoms with van der Waals surface area (Å²) in [5.41, 5.74) is 0. The van der Waals surface area contributed by atoms with E-state index < -0.39 is 4.87 Å². The molecule has 16 heavy (non-hydrogen) atoms. The molecule has 0 saturated heterocycles. The molecule has 1 aliphatic carbocycles. The van der Waals surface area contributed by atoms with Crippen LogP contribution in [0, 0.1) is 10.1 Å². The molecule has 1 aromatic carbocycles. The number of rotatable bonds is 3. The quantitative estimate of drug-likeness (QED) is 0.467. The number of hydrogen-bond donors (Lipinski definition) is 0. The number of hydrogen-bond acceptors (Lipinski definition) is 3. The monoisotopic (exact) mass is 257 g/mol. The van der Waals surface area contributed by atoms with Gasteiger partial charge in [-0.2, -0.15) is 0 Å². The molecular weight excluding hydrogens is 246 g/mol. The number of halogens is 1. The van der Waals surface area contributed by atoms with E-state index in [1.54, 1.807) is 12.1 Å². The average Bonchev–Trinajstić information content (AvgIpc) is 2.71. The van der Waals surface area contributed by atoms with E-state index in [4.69, 9.17) is 11.6 Å². The zero-order chi connectivity index (χ0) is 11.6. The lowest BCUT2D eigenvalue weighted by molar-refractivity contribution is -0.536. The first-order valence-corrected chi connectivity index (χ1v) is 6.41. The molecule has 1 saturated carbocycles. The molecule has 1 fully saturated rings. The molecule has 0 aliphatic heterocycles. The van der Waals surface area contributed by atoms with E-state index >= 15 is 0 Å². The Morgan fingerprint density at radius 1 is 1.25 bits per heavy atom. The van der Waals surface area contributed by atoms with Gasteiger partial charge in [-0.1, -0.05) is 11.6 Å². The molecule has 0 radical (unpaired) electrons. The van der Waals surface area contributed by atoms with Gasteiger partial charge >= 0.3 is 0 Å². The normalized spacial score (nSPS) is 18.6. The summed E-state index contributed by atoms with van der Waals surface area (Å²) in [6.07, 6.45) is 3.21. The van der Waals surface area contributed by atoms with Gasteiger partial charge < -0.3 is 0 Å². The molecule has 0 unspecified atom stereocenters. The molecule has 0 spiro atoms. The van der Waals surface area contributed by atoms with Crippen LogP contribution in [0.1, 0.15) is 25.7 Å². The third kappa shape index (κ3) is 2.33. The van der Waals surface area contributed by atoms with Gasteiger partial charge in [-0.3, -0.25) is 10.1 Å². The van der Waals surface area contributed by atoms with Crippen molar-refractivity contribution in [2.24, 2.45) is 0 Å². The first-order chi connectivity index (χ1) is 7.62. The summed E-state index contributed by atoms with van der Waals surface area (Å²) in [4.78, 5) is 11.1. The SMILES string of the molecule is O=[N+]([O-])C1(Sc2ccc(Cl)cc2)CCCC1. The second-order valence-corrected chi connectivity index (χ2v) is 5.84. The Balaban J connectivity index is 2.18. The van der Waals surface area contributed by atoms with Crippen molar-refractivity contribution < 1.29 is 4.92 Å². The third-order valence-electron chi connectivity index (χ3n) is 2.84. The van der Waals surface area contributed by atoms with Gasteiger partial charge in [-0.25, -0.2) is 0 Å². The van der Waals surface area contributed by atoms with E-state index in [0.717, 1.165) is 17.7 Å². The van der Waals surface area contributed by atoms with Crippen LogP contribution in [0.2, 0.25) is 5.02 Å². The van der Waals surface area contributed by atoms with E-state index in [9.17, 15) is 10.1 Å².